The van der Waals surface area contributed by atoms with Gasteiger partial charge >= 0.3 is 6.18 Å². The highest BCUT2D eigenvalue weighted by Gasteiger charge is 2.37. The van der Waals surface area contributed by atoms with Crippen molar-refractivity contribution in [3.05, 3.63) is 35.4 Å². The van der Waals surface area contributed by atoms with Gasteiger partial charge in [-0.15, -0.1) is 0 Å². The van der Waals surface area contributed by atoms with Crippen LogP contribution in [0.25, 0.3) is 0 Å². The highest BCUT2D eigenvalue weighted by molar-refractivity contribution is 5.77. The summed E-state index contributed by atoms with van der Waals surface area (Å²) in [5, 5.41) is 0. The monoisotopic (exact) mass is 330 g/mol. The van der Waals surface area contributed by atoms with E-state index in [1.807, 2.05) is 0 Å². The minimum Gasteiger partial charge on any atom is -0.380 e. The lowest BCUT2D eigenvalue weighted by Gasteiger charge is -2.26. The van der Waals surface area contributed by atoms with Crippen LogP contribution in [0.4, 0.5) is 13.2 Å². The maximum absolute atomic E-state index is 13.1. The van der Waals surface area contributed by atoms with Crippen molar-refractivity contribution in [1.29, 1.82) is 0 Å². The van der Waals surface area contributed by atoms with Gasteiger partial charge in [0.15, 0.2) is 0 Å². The topological polar surface area (TPSA) is 55.6 Å². The van der Waals surface area contributed by atoms with Gasteiger partial charge in [0.25, 0.3) is 0 Å². The fraction of sp³-hybridized carbons (Fsp3) is 0.562. The van der Waals surface area contributed by atoms with Crippen LogP contribution in [-0.2, 0) is 22.3 Å². The first-order chi connectivity index (χ1) is 10.9. The van der Waals surface area contributed by atoms with E-state index in [2.05, 4.69) is 0 Å². The Hall–Kier alpha value is -1.60. The van der Waals surface area contributed by atoms with Gasteiger partial charge in [-0.3, -0.25) is 4.79 Å². The predicted octanol–water partition coefficient (Wildman–Crippen LogP) is 2.56. The van der Waals surface area contributed by atoms with Crippen molar-refractivity contribution in [3.8, 4) is 0 Å². The zero-order chi connectivity index (χ0) is 17.0. The van der Waals surface area contributed by atoms with E-state index in [-0.39, 0.29) is 37.0 Å². The summed E-state index contributed by atoms with van der Waals surface area (Å²) in [7, 11) is 1.46. The van der Waals surface area contributed by atoms with Crippen molar-refractivity contribution in [2.75, 3.05) is 13.7 Å². The molecule has 0 saturated heterocycles. The van der Waals surface area contributed by atoms with Gasteiger partial charge in [0.05, 0.1) is 18.1 Å². The third-order valence-corrected chi connectivity index (χ3v) is 3.97. The first-order valence-corrected chi connectivity index (χ1v) is 7.54. The van der Waals surface area contributed by atoms with Crippen LogP contribution in [0.2, 0.25) is 0 Å². The summed E-state index contributed by atoms with van der Waals surface area (Å²) < 4.78 is 44.4. The fourth-order valence-corrected chi connectivity index (χ4v) is 2.50. The van der Waals surface area contributed by atoms with Gasteiger partial charge in [-0.1, -0.05) is 18.2 Å². The predicted molar refractivity (Wildman–Crippen MR) is 79.5 cm³/mol. The van der Waals surface area contributed by atoms with Crippen LogP contribution in [-0.4, -0.2) is 36.6 Å². The molecule has 128 valence electrons. The van der Waals surface area contributed by atoms with Crippen molar-refractivity contribution >= 4 is 5.91 Å². The molecule has 4 nitrogen and oxygen atoms in total. The summed E-state index contributed by atoms with van der Waals surface area (Å²) in [6, 6.07) is 5.38. The van der Waals surface area contributed by atoms with Gasteiger partial charge in [-0.25, -0.2) is 0 Å². The highest BCUT2D eigenvalue weighted by Crippen LogP contribution is 2.35. The lowest BCUT2D eigenvalue weighted by molar-refractivity contribution is -0.140. The molecule has 7 heteroatoms. The number of benzene rings is 1. The number of methoxy groups -OCH3 is 1. The van der Waals surface area contributed by atoms with Gasteiger partial charge in [0.2, 0.25) is 5.91 Å². The Bertz CT molecular complexity index is 540. The van der Waals surface area contributed by atoms with Gasteiger partial charge in [-0.05, 0) is 24.5 Å². The van der Waals surface area contributed by atoms with Crippen LogP contribution in [0.15, 0.2) is 24.3 Å². The molecular weight excluding hydrogens is 309 g/mol. The number of rotatable bonds is 7. The van der Waals surface area contributed by atoms with E-state index in [1.165, 1.54) is 24.1 Å². The summed E-state index contributed by atoms with van der Waals surface area (Å²) in [4.78, 5) is 13.9. The maximum atomic E-state index is 13.1. The van der Waals surface area contributed by atoms with E-state index in [0.29, 0.717) is 0 Å². The molecule has 1 aromatic carbocycles. The summed E-state index contributed by atoms with van der Waals surface area (Å²) in [5.74, 6) is -0.221. The third-order valence-electron chi connectivity index (χ3n) is 3.97. The SMILES string of the molecule is COC(CN)CC(=O)N(Cc1ccccc1C(F)(F)F)C1CC1. The van der Waals surface area contributed by atoms with E-state index < -0.39 is 17.8 Å². The molecule has 2 N–H and O–H groups in total. The average Bonchev–Trinajstić information content (AvgIpc) is 3.34. The molecule has 23 heavy (non-hydrogen) atoms. The molecule has 0 aromatic heterocycles. The number of nitrogens with two attached hydrogens (primary N) is 1. The highest BCUT2D eigenvalue weighted by atomic mass is 19.4. The normalized spacial score (nSPS) is 16.2. The summed E-state index contributed by atoms with van der Waals surface area (Å²) in [6.45, 7) is 0.153. The Balaban J connectivity index is 2.16. The Morgan fingerprint density at radius 1 is 1.39 bits per heavy atom. The number of nitrogens with zero attached hydrogens (tertiary/aromatic N) is 1. The van der Waals surface area contributed by atoms with Crippen LogP contribution < -0.4 is 5.73 Å². The second-order valence-electron chi connectivity index (χ2n) is 5.71. The molecule has 1 unspecified atom stereocenters. The quantitative estimate of drug-likeness (QED) is 0.836. The number of carbonyl (C=O) groups excluding carboxylic acids is 1. The Morgan fingerprint density at radius 3 is 2.57 bits per heavy atom. The van der Waals surface area contributed by atoms with E-state index in [0.717, 1.165) is 18.9 Å². The molecule has 0 spiro atoms. The average molecular weight is 330 g/mol. The van der Waals surface area contributed by atoms with Crippen molar-refractivity contribution in [3.63, 3.8) is 0 Å². The molecular formula is C16H21F3N2O2. The summed E-state index contributed by atoms with van der Waals surface area (Å²) in [6.07, 6.45) is -3.12. The Labute approximate surface area is 133 Å². The molecule has 1 atom stereocenters. The standard InChI is InChI=1S/C16H21F3N2O2/c1-23-13(9-20)8-15(22)21(12-6-7-12)10-11-4-2-3-5-14(11)16(17,18)19/h2-5,12-13H,6-10,20H2,1H3. The number of halogens is 3. The molecule has 1 aliphatic rings. The molecule has 1 saturated carbocycles. The molecule has 0 heterocycles. The van der Waals surface area contributed by atoms with Gasteiger partial charge in [-0.2, -0.15) is 13.2 Å². The summed E-state index contributed by atoms with van der Waals surface area (Å²) in [5.41, 5.74) is 4.93. The van der Waals surface area contributed by atoms with E-state index in [4.69, 9.17) is 10.5 Å². The minimum atomic E-state index is -4.43. The smallest absolute Gasteiger partial charge is 0.380 e. The first kappa shape index (κ1) is 17.7. The number of alkyl halides is 3. The molecule has 2 rings (SSSR count). The number of amides is 1. The third kappa shape index (κ3) is 4.68. The molecule has 1 fully saturated rings. The van der Waals surface area contributed by atoms with Crippen LogP contribution in [0.3, 0.4) is 0 Å². The number of hydrogen-bond acceptors (Lipinski definition) is 3. The lowest BCUT2D eigenvalue weighted by atomic mass is 10.1. The van der Waals surface area contributed by atoms with Crippen molar-refractivity contribution < 1.29 is 22.7 Å². The Kier molecular flexibility index (Phi) is 5.64. The van der Waals surface area contributed by atoms with Crippen LogP contribution in [0, 0.1) is 0 Å². The molecule has 1 amide bonds. The number of ether oxygens (including phenoxy) is 1. The second kappa shape index (κ2) is 7.31. The summed E-state index contributed by atoms with van der Waals surface area (Å²) >= 11 is 0. The fourth-order valence-electron chi connectivity index (χ4n) is 2.50. The van der Waals surface area contributed by atoms with E-state index in [1.54, 1.807) is 6.07 Å². The molecule has 0 bridgehead atoms. The second-order valence-corrected chi connectivity index (χ2v) is 5.71. The van der Waals surface area contributed by atoms with Crippen LogP contribution >= 0.6 is 0 Å². The lowest BCUT2D eigenvalue weighted by Crippen LogP contribution is -2.37. The van der Waals surface area contributed by atoms with E-state index in [9.17, 15) is 18.0 Å². The number of carbonyl (C=O) groups is 1. The van der Waals surface area contributed by atoms with Gasteiger partial charge < -0.3 is 15.4 Å². The van der Waals surface area contributed by atoms with Crippen molar-refractivity contribution in [2.24, 2.45) is 5.73 Å². The Morgan fingerprint density at radius 2 is 2.04 bits per heavy atom. The van der Waals surface area contributed by atoms with Crippen LogP contribution in [0.5, 0.6) is 0 Å². The maximum Gasteiger partial charge on any atom is 0.416 e. The zero-order valence-electron chi connectivity index (χ0n) is 13.0. The van der Waals surface area contributed by atoms with Crippen molar-refractivity contribution in [1.82, 2.24) is 4.90 Å². The van der Waals surface area contributed by atoms with Gasteiger partial charge in [0.1, 0.15) is 0 Å². The minimum absolute atomic E-state index is 0.0130. The number of hydrogen-bond donors (Lipinski definition) is 1. The van der Waals surface area contributed by atoms with E-state index >= 15 is 0 Å². The largest absolute Gasteiger partial charge is 0.416 e. The van der Waals surface area contributed by atoms with Crippen molar-refractivity contribution in [2.45, 2.75) is 44.1 Å². The first-order valence-electron chi connectivity index (χ1n) is 7.54. The zero-order valence-corrected chi connectivity index (χ0v) is 13.0. The molecule has 1 aromatic rings. The molecule has 0 aliphatic heterocycles. The van der Waals surface area contributed by atoms with Crippen LogP contribution in [0.1, 0.15) is 30.4 Å². The molecule has 0 radical (unpaired) electrons. The molecule has 1 aliphatic carbocycles. The van der Waals surface area contributed by atoms with Gasteiger partial charge in [0, 0.05) is 26.2 Å².